The predicted molar refractivity (Wildman–Crippen MR) is 114 cm³/mol. The van der Waals surface area contributed by atoms with Gasteiger partial charge < -0.3 is 10.6 Å². The van der Waals surface area contributed by atoms with Crippen molar-refractivity contribution in [3.63, 3.8) is 0 Å². The first kappa shape index (κ1) is 18.8. The van der Waals surface area contributed by atoms with Crippen molar-refractivity contribution in [3.8, 4) is 22.6 Å². The molecule has 0 saturated carbocycles. The van der Waals surface area contributed by atoms with E-state index in [1.165, 1.54) is 0 Å². The van der Waals surface area contributed by atoms with Gasteiger partial charge in [-0.1, -0.05) is 23.7 Å². The Morgan fingerprint density at radius 3 is 2.61 bits per heavy atom. The first-order valence-corrected chi connectivity index (χ1v) is 9.88. The van der Waals surface area contributed by atoms with Crippen molar-refractivity contribution >= 4 is 17.4 Å². The van der Waals surface area contributed by atoms with Gasteiger partial charge in [-0.15, -0.1) is 0 Å². The lowest BCUT2D eigenvalue weighted by atomic mass is 10.1. The van der Waals surface area contributed by atoms with Gasteiger partial charge in [-0.25, -0.2) is 9.97 Å². The molecule has 7 heteroatoms. The first-order valence-electron chi connectivity index (χ1n) is 9.50. The number of pyridine rings is 1. The van der Waals surface area contributed by atoms with Crippen LogP contribution in [0.4, 0.5) is 5.82 Å². The summed E-state index contributed by atoms with van der Waals surface area (Å²) >= 11 is 6.04. The molecule has 4 rings (SSSR count). The third-order valence-corrected chi connectivity index (χ3v) is 4.98. The third-order valence-electron chi connectivity index (χ3n) is 4.73. The zero-order valence-corrected chi connectivity index (χ0v) is 16.4. The Morgan fingerprint density at radius 1 is 1.04 bits per heavy atom. The zero-order valence-electron chi connectivity index (χ0n) is 15.6. The van der Waals surface area contributed by atoms with E-state index < -0.39 is 0 Å². The number of halogens is 1. The van der Waals surface area contributed by atoms with Crippen LogP contribution in [-0.2, 0) is 0 Å². The van der Waals surface area contributed by atoms with Gasteiger partial charge in [0.05, 0.1) is 5.69 Å². The largest absolute Gasteiger partial charge is 0.369 e. The molecule has 1 aliphatic heterocycles. The summed E-state index contributed by atoms with van der Waals surface area (Å²) in [6, 6.07) is 13.6. The Bertz CT molecular complexity index is 895. The van der Waals surface area contributed by atoms with Crippen molar-refractivity contribution in [1.29, 1.82) is 0 Å². The number of hydrogen-bond acceptors (Lipinski definition) is 6. The average Bonchev–Trinajstić information content (AvgIpc) is 2.75. The molecule has 0 spiro atoms. The van der Waals surface area contributed by atoms with E-state index in [4.69, 9.17) is 21.6 Å². The maximum Gasteiger partial charge on any atom is 0.163 e. The molecule has 144 valence electrons. The van der Waals surface area contributed by atoms with Gasteiger partial charge >= 0.3 is 0 Å². The fourth-order valence-corrected chi connectivity index (χ4v) is 3.33. The number of aromatic nitrogens is 3. The van der Waals surface area contributed by atoms with Gasteiger partial charge in [0.1, 0.15) is 5.82 Å². The average molecular weight is 395 g/mol. The Morgan fingerprint density at radius 2 is 1.86 bits per heavy atom. The number of nitrogens with zero attached hydrogens (tertiary/aromatic N) is 4. The highest BCUT2D eigenvalue weighted by Crippen LogP contribution is 2.25. The molecule has 1 saturated heterocycles. The second-order valence-electron chi connectivity index (χ2n) is 6.73. The molecule has 1 aliphatic rings. The zero-order chi connectivity index (χ0) is 19.2. The molecule has 2 N–H and O–H groups in total. The van der Waals surface area contributed by atoms with Crippen LogP contribution in [0.5, 0.6) is 0 Å². The molecule has 3 aromatic rings. The standard InChI is InChI=1S/C21H23ClN6/c22-18-5-3-16(4-6-18)19-14-20(25-10-13-28-11-8-23-9-12-28)27-21(26-19)17-2-1-7-24-15-17/h1-7,14-15,23H,8-13H2,(H,25,26,27). The molecule has 3 heterocycles. The summed E-state index contributed by atoms with van der Waals surface area (Å²) < 4.78 is 0. The first-order chi connectivity index (χ1) is 13.8. The maximum absolute atomic E-state index is 6.04. The summed E-state index contributed by atoms with van der Waals surface area (Å²) in [5.41, 5.74) is 2.75. The molecule has 1 fully saturated rings. The Hall–Kier alpha value is -2.54. The van der Waals surface area contributed by atoms with Gasteiger partial charge in [-0.2, -0.15) is 0 Å². The molecular formula is C21H23ClN6. The van der Waals surface area contributed by atoms with Crippen molar-refractivity contribution < 1.29 is 0 Å². The fourth-order valence-electron chi connectivity index (χ4n) is 3.21. The quantitative estimate of drug-likeness (QED) is 0.669. The van der Waals surface area contributed by atoms with Crippen molar-refractivity contribution in [2.24, 2.45) is 0 Å². The normalized spacial score (nSPS) is 14.8. The Kier molecular flexibility index (Phi) is 6.11. The van der Waals surface area contributed by atoms with E-state index in [2.05, 4.69) is 20.5 Å². The van der Waals surface area contributed by atoms with Crippen molar-refractivity contribution in [2.45, 2.75) is 0 Å². The summed E-state index contributed by atoms with van der Waals surface area (Å²) in [5.74, 6) is 1.47. The van der Waals surface area contributed by atoms with Gasteiger partial charge in [0.2, 0.25) is 0 Å². The smallest absolute Gasteiger partial charge is 0.163 e. The van der Waals surface area contributed by atoms with Crippen LogP contribution in [0.1, 0.15) is 0 Å². The van der Waals surface area contributed by atoms with Crippen LogP contribution in [0.2, 0.25) is 5.02 Å². The minimum absolute atomic E-state index is 0.658. The third kappa shape index (κ3) is 4.84. The van der Waals surface area contributed by atoms with Crippen molar-refractivity contribution in [3.05, 3.63) is 59.9 Å². The minimum atomic E-state index is 0.658. The highest BCUT2D eigenvalue weighted by atomic mass is 35.5. The van der Waals surface area contributed by atoms with Crippen molar-refractivity contribution in [2.75, 3.05) is 44.6 Å². The lowest BCUT2D eigenvalue weighted by Gasteiger charge is -2.27. The fraction of sp³-hybridized carbons (Fsp3) is 0.286. The molecule has 0 radical (unpaired) electrons. The molecule has 28 heavy (non-hydrogen) atoms. The summed E-state index contributed by atoms with van der Waals surface area (Å²) in [4.78, 5) is 16.1. The van der Waals surface area contributed by atoms with E-state index in [1.807, 2.05) is 42.5 Å². The van der Waals surface area contributed by atoms with E-state index in [9.17, 15) is 0 Å². The van der Waals surface area contributed by atoms with Crippen LogP contribution >= 0.6 is 11.6 Å². The number of rotatable bonds is 6. The van der Waals surface area contributed by atoms with Crippen LogP contribution in [0.25, 0.3) is 22.6 Å². The molecule has 6 nitrogen and oxygen atoms in total. The Labute approximate surface area is 170 Å². The minimum Gasteiger partial charge on any atom is -0.369 e. The van der Waals surface area contributed by atoms with Gasteiger partial charge in [0.25, 0.3) is 0 Å². The van der Waals surface area contributed by atoms with Crippen LogP contribution in [0.15, 0.2) is 54.9 Å². The molecule has 0 bridgehead atoms. The summed E-state index contributed by atoms with van der Waals surface area (Å²) in [6.45, 7) is 6.11. The molecule has 0 unspecified atom stereocenters. The monoisotopic (exact) mass is 394 g/mol. The number of piperazine rings is 1. The van der Waals surface area contributed by atoms with Crippen LogP contribution in [-0.4, -0.2) is 59.1 Å². The second-order valence-corrected chi connectivity index (χ2v) is 7.17. The molecule has 2 aromatic heterocycles. The predicted octanol–water partition coefficient (Wildman–Crippen LogP) is 3.18. The summed E-state index contributed by atoms with van der Waals surface area (Å²) in [6.07, 6.45) is 3.53. The molecule has 0 atom stereocenters. The topological polar surface area (TPSA) is 66.0 Å². The lowest BCUT2D eigenvalue weighted by Crippen LogP contribution is -2.45. The highest BCUT2D eigenvalue weighted by Gasteiger charge is 2.11. The van der Waals surface area contributed by atoms with Gasteiger partial charge in [-0.3, -0.25) is 9.88 Å². The van der Waals surface area contributed by atoms with E-state index in [1.54, 1.807) is 12.4 Å². The number of benzene rings is 1. The van der Waals surface area contributed by atoms with E-state index in [0.717, 1.165) is 61.9 Å². The molecule has 0 amide bonds. The molecular weight excluding hydrogens is 372 g/mol. The maximum atomic E-state index is 6.04. The van der Waals surface area contributed by atoms with Gasteiger partial charge in [-0.05, 0) is 24.3 Å². The highest BCUT2D eigenvalue weighted by molar-refractivity contribution is 6.30. The molecule has 0 aliphatic carbocycles. The number of nitrogens with one attached hydrogen (secondary N) is 2. The van der Waals surface area contributed by atoms with Gasteiger partial charge in [0.15, 0.2) is 5.82 Å². The lowest BCUT2D eigenvalue weighted by molar-refractivity contribution is 0.249. The van der Waals surface area contributed by atoms with Crippen LogP contribution in [0.3, 0.4) is 0 Å². The van der Waals surface area contributed by atoms with E-state index in [0.29, 0.717) is 10.8 Å². The van der Waals surface area contributed by atoms with Gasteiger partial charge in [0, 0.05) is 73.9 Å². The Balaban J connectivity index is 1.57. The van der Waals surface area contributed by atoms with E-state index in [-0.39, 0.29) is 0 Å². The van der Waals surface area contributed by atoms with Crippen LogP contribution < -0.4 is 10.6 Å². The second kappa shape index (κ2) is 9.10. The van der Waals surface area contributed by atoms with E-state index >= 15 is 0 Å². The number of hydrogen-bond donors (Lipinski definition) is 2. The summed E-state index contributed by atoms with van der Waals surface area (Å²) in [5, 5.41) is 7.55. The number of anilines is 1. The SMILES string of the molecule is Clc1ccc(-c2cc(NCCN3CCNCC3)nc(-c3cccnc3)n2)cc1. The summed E-state index contributed by atoms with van der Waals surface area (Å²) in [7, 11) is 0. The van der Waals surface area contributed by atoms with Crippen molar-refractivity contribution in [1.82, 2.24) is 25.2 Å². The van der Waals surface area contributed by atoms with Crippen LogP contribution in [0, 0.1) is 0 Å². The molecule has 1 aromatic carbocycles.